The number of hydrogen-bond acceptors (Lipinski definition) is 2. The predicted molar refractivity (Wildman–Crippen MR) is 78.1 cm³/mol. The predicted octanol–water partition coefficient (Wildman–Crippen LogP) is 3.34. The van der Waals surface area contributed by atoms with Gasteiger partial charge in [0.05, 0.1) is 6.10 Å². The average Bonchev–Trinajstić information content (AvgIpc) is 3.12. The summed E-state index contributed by atoms with van der Waals surface area (Å²) in [7, 11) is 0. The largest absolute Gasteiger partial charge is 0.349 e. The summed E-state index contributed by atoms with van der Waals surface area (Å²) in [5.41, 5.74) is 2.63. The van der Waals surface area contributed by atoms with Crippen LogP contribution in [0.3, 0.4) is 0 Å². The van der Waals surface area contributed by atoms with Gasteiger partial charge in [-0.1, -0.05) is 42.3 Å². The fraction of sp³-hybridized carbons (Fsp3) is 0.556. The summed E-state index contributed by atoms with van der Waals surface area (Å²) in [6, 6.07) is 9.52. The van der Waals surface area contributed by atoms with Crippen LogP contribution in [-0.4, -0.2) is 11.8 Å². The average molecular weight is 267 g/mol. The zero-order chi connectivity index (χ0) is 13.3. The molecule has 0 amide bonds. The van der Waals surface area contributed by atoms with Gasteiger partial charge in [-0.2, -0.15) is 0 Å². The zero-order valence-corrected chi connectivity index (χ0v) is 11.9. The number of fused-ring (bicyclic) bond motifs is 2. The number of aryl methyl sites for hydroxylation is 1. The smallest absolute Gasteiger partial charge is 0.143 e. The molecule has 1 aliphatic carbocycles. The van der Waals surface area contributed by atoms with Crippen molar-refractivity contribution in [2.75, 3.05) is 0 Å². The lowest BCUT2D eigenvalue weighted by Crippen LogP contribution is -2.42. The molecule has 3 aliphatic heterocycles. The molecule has 2 bridgehead atoms. The third-order valence-corrected chi connectivity index (χ3v) is 6.02. The van der Waals surface area contributed by atoms with Gasteiger partial charge in [-0.05, 0) is 43.2 Å². The van der Waals surface area contributed by atoms with Gasteiger partial charge in [0, 0.05) is 12.0 Å². The van der Waals surface area contributed by atoms with Crippen molar-refractivity contribution in [1.29, 1.82) is 0 Å². The van der Waals surface area contributed by atoms with Gasteiger partial charge in [0.2, 0.25) is 0 Å². The fourth-order valence-electron chi connectivity index (χ4n) is 5.24. The SMILES string of the molecule is Cc1ccc(C2NC34C=CC(O3)C3CCCC2C34)cc1. The van der Waals surface area contributed by atoms with Crippen molar-refractivity contribution in [2.24, 2.45) is 17.8 Å². The summed E-state index contributed by atoms with van der Waals surface area (Å²) >= 11 is 0. The zero-order valence-electron chi connectivity index (χ0n) is 11.9. The molecule has 0 radical (unpaired) electrons. The summed E-state index contributed by atoms with van der Waals surface area (Å²) in [5.74, 6) is 2.19. The van der Waals surface area contributed by atoms with E-state index < -0.39 is 0 Å². The summed E-state index contributed by atoms with van der Waals surface area (Å²) in [4.78, 5) is 0. The number of rotatable bonds is 1. The van der Waals surface area contributed by atoms with E-state index in [2.05, 4.69) is 48.7 Å². The number of hydrogen-bond donors (Lipinski definition) is 1. The number of nitrogens with one attached hydrogen (secondary N) is 1. The standard InChI is InChI=1S/C18H21NO/c1-11-5-7-12(8-6-11)17-14-4-2-3-13-15-9-10-18(19-17,20-15)16(13)14/h5-10,13-17,19H,2-4H2,1H3. The van der Waals surface area contributed by atoms with Crippen LogP contribution in [0.15, 0.2) is 36.4 Å². The van der Waals surface area contributed by atoms with Crippen LogP contribution in [0.4, 0.5) is 0 Å². The lowest BCUT2D eigenvalue weighted by Gasteiger charge is -2.35. The molecule has 6 unspecified atom stereocenters. The second kappa shape index (κ2) is 3.75. The van der Waals surface area contributed by atoms with Crippen molar-refractivity contribution in [1.82, 2.24) is 5.32 Å². The minimum atomic E-state index is -0.143. The maximum absolute atomic E-state index is 6.35. The van der Waals surface area contributed by atoms with E-state index in [4.69, 9.17) is 4.74 Å². The quantitative estimate of drug-likeness (QED) is 0.788. The van der Waals surface area contributed by atoms with Gasteiger partial charge >= 0.3 is 0 Å². The van der Waals surface area contributed by atoms with Crippen molar-refractivity contribution in [3.63, 3.8) is 0 Å². The molecule has 2 saturated heterocycles. The molecule has 104 valence electrons. The van der Waals surface area contributed by atoms with E-state index >= 15 is 0 Å². The van der Waals surface area contributed by atoms with Crippen molar-refractivity contribution in [3.8, 4) is 0 Å². The van der Waals surface area contributed by atoms with Crippen molar-refractivity contribution in [2.45, 2.75) is 44.1 Å². The summed E-state index contributed by atoms with van der Waals surface area (Å²) < 4.78 is 6.35. The van der Waals surface area contributed by atoms with Crippen LogP contribution in [0, 0.1) is 24.7 Å². The molecular formula is C18H21NO. The van der Waals surface area contributed by atoms with Crippen LogP contribution in [0.2, 0.25) is 0 Å². The minimum absolute atomic E-state index is 0.143. The molecule has 6 atom stereocenters. The first-order chi connectivity index (χ1) is 9.77. The summed E-state index contributed by atoms with van der Waals surface area (Å²) in [6.07, 6.45) is 9.05. The first kappa shape index (κ1) is 11.5. The first-order valence-corrected chi connectivity index (χ1v) is 7.98. The van der Waals surface area contributed by atoms with E-state index in [-0.39, 0.29) is 5.72 Å². The second-order valence-corrected chi connectivity index (χ2v) is 7.05. The molecule has 2 nitrogen and oxygen atoms in total. The topological polar surface area (TPSA) is 21.3 Å². The van der Waals surface area contributed by atoms with Gasteiger partial charge in [-0.3, -0.25) is 5.32 Å². The minimum Gasteiger partial charge on any atom is -0.349 e. The molecule has 3 fully saturated rings. The Balaban J connectivity index is 1.57. The molecule has 1 spiro atoms. The first-order valence-electron chi connectivity index (χ1n) is 7.98. The Bertz CT molecular complexity index is 578. The van der Waals surface area contributed by atoms with Gasteiger partial charge in [-0.15, -0.1) is 0 Å². The van der Waals surface area contributed by atoms with Crippen LogP contribution in [0.1, 0.15) is 36.4 Å². The van der Waals surface area contributed by atoms with E-state index in [1.165, 1.54) is 30.4 Å². The molecule has 4 aliphatic rings. The highest BCUT2D eigenvalue weighted by atomic mass is 16.5. The van der Waals surface area contributed by atoms with Gasteiger partial charge in [-0.25, -0.2) is 0 Å². The molecule has 1 saturated carbocycles. The monoisotopic (exact) mass is 267 g/mol. The molecule has 5 rings (SSSR count). The Morgan fingerprint density at radius 2 is 1.95 bits per heavy atom. The molecule has 2 heteroatoms. The molecule has 0 aromatic heterocycles. The van der Waals surface area contributed by atoms with Gasteiger partial charge in [0.25, 0.3) is 0 Å². The number of benzene rings is 1. The van der Waals surface area contributed by atoms with E-state index in [9.17, 15) is 0 Å². The highest BCUT2D eigenvalue weighted by molar-refractivity contribution is 5.33. The Hall–Kier alpha value is -1.12. The van der Waals surface area contributed by atoms with E-state index in [1.807, 2.05) is 0 Å². The Labute approximate surface area is 120 Å². The van der Waals surface area contributed by atoms with Crippen LogP contribution in [0.5, 0.6) is 0 Å². The van der Waals surface area contributed by atoms with Crippen LogP contribution >= 0.6 is 0 Å². The lowest BCUT2D eigenvalue weighted by molar-refractivity contribution is 0.000538. The van der Waals surface area contributed by atoms with E-state index in [1.54, 1.807) is 0 Å². The van der Waals surface area contributed by atoms with E-state index in [0.29, 0.717) is 18.1 Å². The van der Waals surface area contributed by atoms with Gasteiger partial charge in [0.1, 0.15) is 5.72 Å². The molecule has 1 aromatic carbocycles. The summed E-state index contributed by atoms with van der Waals surface area (Å²) in [5, 5.41) is 3.86. The third kappa shape index (κ3) is 1.32. The van der Waals surface area contributed by atoms with Gasteiger partial charge < -0.3 is 4.74 Å². The second-order valence-electron chi connectivity index (χ2n) is 7.05. The Kier molecular flexibility index (Phi) is 2.16. The van der Waals surface area contributed by atoms with Crippen molar-refractivity contribution >= 4 is 0 Å². The molecule has 3 heterocycles. The van der Waals surface area contributed by atoms with E-state index in [0.717, 1.165) is 11.8 Å². The molecular weight excluding hydrogens is 246 g/mol. The normalized spacial score (nSPS) is 47.8. The molecule has 1 aromatic rings. The highest BCUT2D eigenvalue weighted by Gasteiger charge is 2.65. The maximum Gasteiger partial charge on any atom is 0.143 e. The summed E-state index contributed by atoms with van der Waals surface area (Å²) in [6.45, 7) is 2.16. The molecule has 20 heavy (non-hydrogen) atoms. The van der Waals surface area contributed by atoms with Crippen molar-refractivity contribution in [3.05, 3.63) is 47.5 Å². The molecule has 1 N–H and O–H groups in total. The van der Waals surface area contributed by atoms with Crippen LogP contribution < -0.4 is 5.32 Å². The lowest BCUT2D eigenvalue weighted by atomic mass is 9.66. The van der Waals surface area contributed by atoms with Crippen LogP contribution in [-0.2, 0) is 4.74 Å². The van der Waals surface area contributed by atoms with Crippen molar-refractivity contribution < 1.29 is 4.74 Å². The third-order valence-electron chi connectivity index (χ3n) is 6.02. The highest BCUT2D eigenvalue weighted by Crippen LogP contribution is 2.61. The maximum atomic E-state index is 6.35. The van der Waals surface area contributed by atoms with Gasteiger partial charge in [0.15, 0.2) is 0 Å². The van der Waals surface area contributed by atoms with Crippen LogP contribution in [0.25, 0.3) is 0 Å². The fourth-order valence-corrected chi connectivity index (χ4v) is 5.24. The Morgan fingerprint density at radius 3 is 2.80 bits per heavy atom. The number of ether oxygens (including phenoxy) is 1. The Morgan fingerprint density at radius 1 is 1.15 bits per heavy atom.